The Hall–Kier alpha value is -17.4. The minimum atomic E-state index is -0.489. The number of likely N-dealkylation sites (N-methyl/N-ethyl adjacent to an activating group) is 4. The molecule has 4 aliphatic rings. The number of pyridine rings is 4. The van der Waals surface area contributed by atoms with Crippen molar-refractivity contribution < 1.29 is 14.4 Å². The van der Waals surface area contributed by atoms with E-state index in [9.17, 15) is 14.4 Å². The number of aromatic nitrogens is 20. The van der Waals surface area contributed by atoms with Crippen LogP contribution >= 0.6 is 0 Å². The van der Waals surface area contributed by atoms with Crippen LogP contribution in [0.1, 0.15) is 40.2 Å². The second kappa shape index (κ2) is 41.8. The van der Waals surface area contributed by atoms with Crippen molar-refractivity contribution in [3.05, 3.63) is 255 Å². The number of carbonyl (C=O) groups excluding carboxylic acids is 3. The lowest BCUT2D eigenvalue weighted by Crippen LogP contribution is -2.44. The van der Waals surface area contributed by atoms with Gasteiger partial charge in [0.1, 0.15) is 44.8 Å². The van der Waals surface area contributed by atoms with Crippen molar-refractivity contribution in [1.82, 2.24) is 120 Å². The molecule has 150 heavy (non-hydrogen) atoms. The highest BCUT2D eigenvalue weighted by atomic mass is 16.2. The number of fused-ring (bicyclic) bond motifs is 8. The van der Waals surface area contributed by atoms with Crippen molar-refractivity contribution in [2.75, 3.05) is 187 Å². The Morgan fingerprint density at radius 3 is 0.933 bits per heavy atom. The second-order valence-corrected chi connectivity index (χ2v) is 40.8. The van der Waals surface area contributed by atoms with Gasteiger partial charge in [0.05, 0.1) is 121 Å². The maximum absolute atomic E-state index is 12.6. The first-order chi connectivity index (χ1) is 72.9. The fourth-order valence-corrected chi connectivity index (χ4v) is 19.6. The third-order valence-electron chi connectivity index (χ3n) is 28.5. The van der Waals surface area contributed by atoms with Gasteiger partial charge >= 0.3 is 0 Å². The Bertz CT molecular complexity index is 8520. The fourth-order valence-electron chi connectivity index (χ4n) is 19.6. The lowest BCUT2D eigenvalue weighted by atomic mass is 9.95. The number of amides is 3. The summed E-state index contributed by atoms with van der Waals surface area (Å²) in [4.78, 5) is 110. The number of nitrogens with zero attached hydrogens (tertiary/aromatic N) is 21. The van der Waals surface area contributed by atoms with Gasteiger partial charge in [-0.1, -0.05) is 113 Å². The van der Waals surface area contributed by atoms with Crippen LogP contribution in [-0.2, 0) is 20.8 Å². The molecule has 21 aromatic rings. The lowest BCUT2D eigenvalue weighted by molar-refractivity contribution is -0.123. The molecule has 0 atom stereocenters. The van der Waals surface area contributed by atoms with E-state index in [1.807, 2.05) is 146 Å². The summed E-state index contributed by atoms with van der Waals surface area (Å²) in [5.41, 5.74) is 30.8. The molecule has 0 aliphatic carbocycles. The van der Waals surface area contributed by atoms with Gasteiger partial charge in [0, 0.05) is 199 Å². The molecule has 758 valence electrons. The largest absolute Gasteiger partial charge is 0.376 e. The Balaban J connectivity index is 0.000000113. The van der Waals surface area contributed by atoms with Crippen LogP contribution in [0, 0.1) is 11.3 Å². The van der Waals surface area contributed by atoms with Crippen LogP contribution in [-0.4, -0.2) is 285 Å². The Morgan fingerprint density at radius 2 is 0.627 bits per heavy atom. The quantitative estimate of drug-likeness (QED) is 0.0358. The second-order valence-electron chi connectivity index (χ2n) is 40.8. The van der Waals surface area contributed by atoms with E-state index in [1.165, 1.54) is 5.69 Å². The van der Waals surface area contributed by atoms with E-state index in [0.717, 1.165) is 311 Å². The number of para-hydroxylation sites is 4. The van der Waals surface area contributed by atoms with Crippen LogP contribution in [0.25, 0.3) is 178 Å². The molecular weight excluding hydrogens is 1880 g/mol. The minimum absolute atomic E-state index is 0.0349. The van der Waals surface area contributed by atoms with E-state index < -0.39 is 5.41 Å². The summed E-state index contributed by atoms with van der Waals surface area (Å²) < 4.78 is 0. The highest BCUT2D eigenvalue weighted by Gasteiger charge is 2.29. The molecule has 4 fully saturated rings. The van der Waals surface area contributed by atoms with E-state index in [2.05, 4.69) is 284 Å². The standard InChI is InChI=1S/C32H30N8O.C29H32N8O.C28H30N8O.C26H28N8/c1-39-12-14-40(15-13-39)28-9-5-8-27-31(28)36-32(35-27)30-25-18-22(10-11-26(25)37-38-30)23-17-24(20-33-19-23)34-29(41)16-21-6-3-2-4-7-21;1-29(2,3)28(38)31-20-14-19(16-30-17-20)18-8-9-22-21(15-18)25(35-34-22)27-32-23-6-5-7-24(26(23)33-27)37-12-10-36(4)11-13-37;1-17(2)28(37)30-20-13-19(15-29-16-20)18-7-8-22-21(14-18)25(34-33-22)27-31-23-5-4-6-24(26(23)32-27)36-11-9-35(3)10-12-36;1-32(2)19-13-18(15-27-16-19)17-7-8-21-20(14-17)24(31-30-21)26-28-22-5-4-6-23(25(22)29-26)34-11-9-33(3)10-12-34/h2-11,17-20H,12-16H2,1H3,(H,34,41)(H,35,36)(H,37,38);5-9,14-17H,10-13H2,1-4H3,(H,31,38)(H,32,33)(H,34,35);4-8,13-17H,9-12H2,1-3H3,(H,30,37)(H,31,32)(H,33,34);4-8,13-16H,9-12H2,1-3H3,(H,28,29)(H,30,31). The molecule has 0 unspecified atom stereocenters. The topological polar surface area (TPSA) is 397 Å². The molecule has 4 saturated heterocycles. The van der Waals surface area contributed by atoms with Gasteiger partial charge in [-0.2, -0.15) is 20.4 Å². The van der Waals surface area contributed by atoms with Gasteiger partial charge in [-0.3, -0.25) is 54.7 Å². The van der Waals surface area contributed by atoms with E-state index in [-0.39, 0.29) is 23.6 Å². The summed E-state index contributed by atoms with van der Waals surface area (Å²) in [5.74, 6) is 2.70. The van der Waals surface area contributed by atoms with Crippen LogP contribution in [0.3, 0.4) is 0 Å². The van der Waals surface area contributed by atoms with E-state index in [4.69, 9.17) is 19.9 Å². The summed E-state index contributed by atoms with van der Waals surface area (Å²) in [7, 11) is 12.7. The number of imidazole rings is 4. The molecule has 12 aromatic heterocycles. The number of carbonyl (C=O) groups is 3. The van der Waals surface area contributed by atoms with Gasteiger partial charge in [0.2, 0.25) is 17.7 Å². The van der Waals surface area contributed by atoms with Crippen molar-refractivity contribution in [2.24, 2.45) is 11.3 Å². The van der Waals surface area contributed by atoms with Gasteiger partial charge in [-0.25, -0.2) is 19.9 Å². The van der Waals surface area contributed by atoms with Gasteiger partial charge in [0.25, 0.3) is 0 Å². The number of benzene rings is 9. The van der Waals surface area contributed by atoms with Gasteiger partial charge in [0.15, 0.2) is 23.3 Å². The summed E-state index contributed by atoms with van der Waals surface area (Å²) in [5, 5.41) is 43.9. The molecule has 35 heteroatoms. The molecule has 4 aliphatic heterocycles. The number of aromatic amines is 8. The van der Waals surface area contributed by atoms with Crippen molar-refractivity contribution >= 4 is 151 Å². The molecule has 0 bridgehead atoms. The zero-order chi connectivity index (χ0) is 103. The van der Waals surface area contributed by atoms with Crippen molar-refractivity contribution in [2.45, 2.75) is 41.0 Å². The third-order valence-corrected chi connectivity index (χ3v) is 28.5. The fraction of sp³-hybridized carbons (Fsp3) is 0.261. The molecule has 35 nitrogen and oxygen atoms in total. The summed E-state index contributed by atoms with van der Waals surface area (Å²) >= 11 is 0. The van der Waals surface area contributed by atoms with Gasteiger partial charge in [-0.15, -0.1) is 0 Å². The summed E-state index contributed by atoms with van der Waals surface area (Å²) in [6.45, 7) is 25.6. The number of hydrogen-bond acceptors (Lipinski definition) is 24. The summed E-state index contributed by atoms with van der Waals surface area (Å²) in [6.07, 6.45) is 14.5. The number of H-pyrrole nitrogens is 8. The number of rotatable bonds is 19. The van der Waals surface area contributed by atoms with Gasteiger partial charge in [-0.05, 0) is 177 Å². The first-order valence-corrected chi connectivity index (χ1v) is 51.0. The number of piperazine rings is 4. The lowest BCUT2D eigenvalue weighted by Gasteiger charge is -2.34. The van der Waals surface area contributed by atoms with E-state index in [0.29, 0.717) is 23.5 Å². The van der Waals surface area contributed by atoms with Crippen molar-refractivity contribution in [3.63, 3.8) is 0 Å². The average molecular weight is 2000 g/mol. The highest BCUT2D eigenvalue weighted by Crippen LogP contribution is 2.41. The predicted molar refractivity (Wildman–Crippen MR) is 601 cm³/mol. The van der Waals surface area contributed by atoms with Crippen molar-refractivity contribution in [1.29, 1.82) is 0 Å². The average Bonchev–Trinajstić information content (AvgIpc) is 1.62. The molecule has 25 rings (SSSR count). The first kappa shape index (κ1) is 97.3. The predicted octanol–water partition coefficient (Wildman–Crippen LogP) is 18.5. The van der Waals surface area contributed by atoms with Crippen LogP contribution in [0.4, 0.5) is 45.5 Å². The smallest absolute Gasteiger partial charge is 0.229 e. The molecular formula is C115H120N32O3. The molecule has 0 spiro atoms. The van der Waals surface area contributed by atoms with E-state index in [1.54, 1.807) is 37.2 Å². The maximum Gasteiger partial charge on any atom is 0.229 e. The molecule has 16 heterocycles. The van der Waals surface area contributed by atoms with Crippen LogP contribution < -0.4 is 40.4 Å². The van der Waals surface area contributed by atoms with Crippen LogP contribution in [0.5, 0.6) is 0 Å². The number of anilines is 8. The zero-order valence-electron chi connectivity index (χ0n) is 85.9. The van der Waals surface area contributed by atoms with E-state index >= 15 is 0 Å². The summed E-state index contributed by atoms with van der Waals surface area (Å²) in [6, 6.07) is 67.7. The molecule has 0 saturated carbocycles. The van der Waals surface area contributed by atoms with Crippen molar-refractivity contribution in [3.8, 4) is 90.6 Å². The van der Waals surface area contributed by atoms with Crippen LogP contribution in [0.15, 0.2) is 250 Å². The normalized spacial score (nSPS) is 14.6. The monoisotopic (exact) mass is 2000 g/mol. The Morgan fingerprint density at radius 1 is 0.327 bits per heavy atom. The number of nitrogens with one attached hydrogen (secondary N) is 11. The van der Waals surface area contributed by atoms with Crippen LogP contribution in [0.2, 0.25) is 0 Å². The molecule has 9 aromatic carbocycles. The highest BCUT2D eigenvalue weighted by molar-refractivity contribution is 6.04. The minimum Gasteiger partial charge on any atom is -0.376 e. The Labute approximate surface area is 866 Å². The SMILES string of the molecule is CC(C)C(=O)Nc1cncc(-c2ccc3[nH]nc(-c4nc5c(N6CCN(C)CC6)cccc5[nH]4)c3c2)c1.CN1CCN(c2cccc3[nH]c(-c4n[nH]c5ccc(-c6cncc(N(C)C)c6)cc45)nc23)CC1.CN1CCN(c2cccc3[nH]c(-c4n[nH]c5ccc(-c6cncc(NC(=O)C(C)(C)C)c6)cc45)nc23)CC1.CN1CCN(c2cccc3[nH]c(-c4n[nH]c5ccc(-c6cncc(NC(=O)Cc7ccccc7)c6)cc45)nc23)CC1. The van der Waals surface area contributed by atoms with Gasteiger partial charge < -0.3 is 80.0 Å². The number of hydrogen-bond donors (Lipinski definition) is 11. The molecule has 0 radical (unpaired) electrons. The third kappa shape index (κ3) is 20.8. The first-order valence-electron chi connectivity index (χ1n) is 51.0. The maximum atomic E-state index is 12.6. The molecule has 11 N–H and O–H groups in total. The molecule has 3 amide bonds. The zero-order valence-corrected chi connectivity index (χ0v) is 85.9. The Kier molecular flexibility index (Phi) is 27.1.